The van der Waals surface area contributed by atoms with Crippen LogP contribution < -0.4 is 4.74 Å². The van der Waals surface area contributed by atoms with Crippen LogP contribution in [0.2, 0.25) is 5.02 Å². The van der Waals surface area contributed by atoms with E-state index in [2.05, 4.69) is 0 Å². The highest BCUT2D eigenvalue weighted by Gasteiger charge is 2.26. The summed E-state index contributed by atoms with van der Waals surface area (Å²) in [5, 5.41) is 11.2. The zero-order valence-corrected chi connectivity index (χ0v) is 13.7. The molecule has 118 valence electrons. The highest BCUT2D eigenvalue weighted by Crippen LogP contribution is 2.35. The molecule has 6 heteroatoms. The lowest BCUT2D eigenvalue weighted by molar-refractivity contribution is 0.0352. The van der Waals surface area contributed by atoms with Gasteiger partial charge in [-0.05, 0) is 36.4 Å². The summed E-state index contributed by atoms with van der Waals surface area (Å²) in [6.07, 6.45) is 0.920. The van der Waals surface area contributed by atoms with Crippen molar-refractivity contribution in [3.63, 3.8) is 0 Å². The minimum atomic E-state index is -0.446. The van der Waals surface area contributed by atoms with Gasteiger partial charge >= 0.3 is 0 Å². The van der Waals surface area contributed by atoms with Gasteiger partial charge in [-0.1, -0.05) is 11.6 Å². The van der Waals surface area contributed by atoms with E-state index >= 15 is 0 Å². The third-order valence-electron chi connectivity index (χ3n) is 3.90. The Hall–Kier alpha value is -1.14. The normalized spacial score (nSPS) is 21.4. The fourth-order valence-corrected chi connectivity index (χ4v) is 3.93. The number of carbonyl (C=O) groups excluding carboxylic acids is 1. The van der Waals surface area contributed by atoms with Crippen molar-refractivity contribution in [1.29, 1.82) is 0 Å². The summed E-state index contributed by atoms with van der Waals surface area (Å²) in [5.41, 5.74) is 0. The zero-order valence-electron chi connectivity index (χ0n) is 12.2. The quantitative estimate of drug-likeness (QED) is 0.844. The fourth-order valence-electron chi connectivity index (χ4n) is 2.64. The number of halogens is 1. The number of rotatable bonds is 5. The van der Waals surface area contributed by atoms with Crippen LogP contribution in [0.3, 0.4) is 0 Å². The molecule has 0 spiro atoms. The van der Waals surface area contributed by atoms with Crippen LogP contribution in [0.15, 0.2) is 18.2 Å². The maximum Gasteiger partial charge on any atom is 0.172 e. The molecule has 0 saturated carbocycles. The van der Waals surface area contributed by atoms with E-state index in [0.29, 0.717) is 41.5 Å². The molecular weight excluding hydrogens is 324 g/mol. The Kier molecular flexibility index (Phi) is 4.68. The van der Waals surface area contributed by atoms with Gasteiger partial charge in [-0.2, -0.15) is 0 Å². The monoisotopic (exact) mass is 340 g/mol. The number of aliphatic hydroxyl groups excluding tert-OH is 1. The smallest absolute Gasteiger partial charge is 0.172 e. The van der Waals surface area contributed by atoms with Gasteiger partial charge < -0.3 is 14.6 Å². The first kappa shape index (κ1) is 15.7. The number of thiophene rings is 1. The maximum atomic E-state index is 12.3. The zero-order chi connectivity index (χ0) is 15.7. The van der Waals surface area contributed by atoms with Crippen LogP contribution in [0.4, 0.5) is 0 Å². The van der Waals surface area contributed by atoms with Crippen molar-refractivity contribution in [2.24, 2.45) is 0 Å². The highest BCUT2D eigenvalue weighted by molar-refractivity contribution is 7.20. The van der Waals surface area contributed by atoms with E-state index in [0.717, 1.165) is 10.1 Å². The highest BCUT2D eigenvalue weighted by atomic mass is 35.5. The molecule has 1 aliphatic heterocycles. The average Bonchev–Trinajstić information content (AvgIpc) is 3.09. The number of methoxy groups -OCH3 is 1. The van der Waals surface area contributed by atoms with Crippen molar-refractivity contribution in [3.8, 4) is 5.75 Å². The first-order valence-electron chi connectivity index (χ1n) is 7.18. The van der Waals surface area contributed by atoms with Crippen molar-refractivity contribution in [1.82, 2.24) is 0 Å². The Bertz CT molecular complexity index is 697. The number of hydrogen-bond acceptors (Lipinski definition) is 5. The molecule has 1 aromatic carbocycles. The second-order valence-corrected chi connectivity index (χ2v) is 6.85. The van der Waals surface area contributed by atoms with Crippen LogP contribution >= 0.6 is 22.9 Å². The van der Waals surface area contributed by atoms with Gasteiger partial charge in [0.05, 0.1) is 29.2 Å². The van der Waals surface area contributed by atoms with E-state index in [9.17, 15) is 9.90 Å². The Morgan fingerprint density at radius 1 is 1.50 bits per heavy atom. The number of Topliss-reactive ketones (excluding diaryl/α,β-unsaturated/α-hetero) is 1. The van der Waals surface area contributed by atoms with Crippen molar-refractivity contribution in [3.05, 3.63) is 28.1 Å². The van der Waals surface area contributed by atoms with E-state index in [1.54, 1.807) is 7.11 Å². The predicted molar refractivity (Wildman–Crippen MR) is 87.3 cm³/mol. The molecular formula is C16H17ClO4S. The van der Waals surface area contributed by atoms with Gasteiger partial charge in [-0.15, -0.1) is 11.3 Å². The summed E-state index contributed by atoms with van der Waals surface area (Å²) in [6, 6.07) is 5.52. The van der Waals surface area contributed by atoms with Gasteiger partial charge in [-0.3, -0.25) is 4.79 Å². The Labute approximate surface area is 137 Å². The van der Waals surface area contributed by atoms with E-state index in [-0.39, 0.29) is 11.9 Å². The summed E-state index contributed by atoms with van der Waals surface area (Å²) >= 11 is 7.54. The van der Waals surface area contributed by atoms with E-state index in [1.807, 2.05) is 18.2 Å². The lowest BCUT2D eigenvalue weighted by atomic mass is 10.1. The Morgan fingerprint density at radius 3 is 3.00 bits per heavy atom. The van der Waals surface area contributed by atoms with Crippen molar-refractivity contribution in [2.75, 3.05) is 13.7 Å². The van der Waals surface area contributed by atoms with Gasteiger partial charge in [0.15, 0.2) is 5.78 Å². The lowest BCUT2D eigenvalue weighted by Gasteiger charge is -2.12. The largest absolute Gasteiger partial charge is 0.495 e. The van der Waals surface area contributed by atoms with Gasteiger partial charge in [0, 0.05) is 17.7 Å². The summed E-state index contributed by atoms with van der Waals surface area (Å²) in [7, 11) is 1.57. The second kappa shape index (κ2) is 6.54. The van der Waals surface area contributed by atoms with E-state index in [1.165, 1.54) is 11.3 Å². The lowest BCUT2D eigenvalue weighted by Crippen LogP contribution is -2.21. The van der Waals surface area contributed by atoms with E-state index < -0.39 is 6.10 Å². The molecule has 0 amide bonds. The molecule has 4 nitrogen and oxygen atoms in total. The first-order chi connectivity index (χ1) is 10.6. The van der Waals surface area contributed by atoms with Crippen LogP contribution in [-0.4, -0.2) is 36.8 Å². The molecule has 2 unspecified atom stereocenters. The van der Waals surface area contributed by atoms with E-state index in [4.69, 9.17) is 21.1 Å². The van der Waals surface area contributed by atoms with Crippen LogP contribution in [0.1, 0.15) is 28.9 Å². The number of fused-ring (bicyclic) bond motifs is 1. The van der Waals surface area contributed by atoms with Crippen LogP contribution in [0.5, 0.6) is 5.75 Å². The third kappa shape index (κ3) is 3.13. The Balaban J connectivity index is 1.73. The molecule has 22 heavy (non-hydrogen) atoms. The molecule has 0 radical (unpaired) electrons. The van der Waals surface area contributed by atoms with Crippen LogP contribution in [0.25, 0.3) is 10.1 Å². The van der Waals surface area contributed by atoms with Gasteiger partial charge in [0.1, 0.15) is 5.75 Å². The number of hydrogen-bond donors (Lipinski definition) is 1. The average molecular weight is 341 g/mol. The summed E-state index contributed by atoms with van der Waals surface area (Å²) in [4.78, 5) is 13.0. The molecule has 2 atom stereocenters. The standard InChI is InChI=1S/C16H17ClO4S/c1-20-14-8-15-9(6-10(14)17)7-16(22-15)12(19)2-3-13-11(18)4-5-21-13/h6-8,11,13,18H,2-5H2,1H3. The predicted octanol–water partition coefficient (Wildman–Crippen LogP) is 3.68. The molecule has 3 rings (SSSR count). The molecule has 2 aromatic rings. The van der Waals surface area contributed by atoms with Crippen LogP contribution in [-0.2, 0) is 4.74 Å². The molecule has 0 aliphatic carbocycles. The van der Waals surface area contributed by atoms with Gasteiger partial charge in [0.25, 0.3) is 0 Å². The first-order valence-corrected chi connectivity index (χ1v) is 8.38. The number of benzene rings is 1. The molecule has 1 N–H and O–H groups in total. The SMILES string of the molecule is COc1cc2sc(C(=O)CCC3OCCC3O)cc2cc1Cl. The van der Waals surface area contributed by atoms with Gasteiger partial charge in [0.2, 0.25) is 0 Å². The third-order valence-corrected chi connectivity index (χ3v) is 5.33. The van der Waals surface area contributed by atoms with Gasteiger partial charge in [-0.25, -0.2) is 0 Å². The Morgan fingerprint density at radius 2 is 2.32 bits per heavy atom. The number of ether oxygens (including phenoxy) is 2. The molecule has 1 saturated heterocycles. The molecule has 0 bridgehead atoms. The summed E-state index contributed by atoms with van der Waals surface area (Å²) in [6.45, 7) is 0.571. The molecule has 2 heterocycles. The van der Waals surface area contributed by atoms with Crippen molar-refractivity contribution in [2.45, 2.75) is 31.5 Å². The summed E-state index contributed by atoms with van der Waals surface area (Å²) in [5.74, 6) is 0.677. The molecule has 1 aliphatic rings. The fraction of sp³-hybridized carbons (Fsp3) is 0.438. The molecule has 1 fully saturated rings. The number of aliphatic hydroxyl groups is 1. The van der Waals surface area contributed by atoms with Crippen molar-refractivity contribution >= 4 is 38.8 Å². The summed E-state index contributed by atoms with van der Waals surface area (Å²) < 4.78 is 11.6. The maximum absolute atomic E-state index is 12.3. The minimum Gasteiger partial charge on any atom is -0.495 e. The number of ketones is 1. The van der Waals surface area contributed by atoms with Crippen LogP contribution in [0, 0.1) is 0 Å². The topological polar surface area (TPSA) is 55.8 Å². The van der Waals surface area contributed by atoms with Crippen molar-refractivity contribution < 1.29 is 19.4 Å². The number of carbonyl (C=O) groups is 1. The molecule has 1 aromatic heterocycles. The minimum absolute atomic E-state index is 0.0685. The second-order valence-electron chi connectivity index (χ2n) is 5.36.